The molecule has 768 valence electrons. The number of para-hydroxylation sites is 3. The molecule has 17 rings (SSSR count). The van der Waals surface area contributed by atoms with Gasteiger partial charge in [0, 0.05) is 112 Å². The molecular formula is C111H113ClN18O18S. The number of urea groups is 1. The average molecular weight is 2050 g/mol. The first-order valence-electron chi connectivity index (χ1n) is 47.1. The number of halogens is 1. The summed E-state index contributed by atoms with van der Waals surface area (Å²) in [6.07, 6.45) is 6.13. The Balaban J connectivity index is 0.000000159. The van der Waals surface area contributed by atoms with Gasteiger partial charge in [0.25, 0.3) is 59.1 Å². The maximum Gasteiger partial charge on any atom is 0.319 e. The fraction of sp³-hybridized carbons (Fsp3) is 0.189. The summed E-state index contributed by atoms with van der Waals surface area (Å²) in [5, 5.41) is 76.5. The highest BCUT2D eigenvalue weighted by atomic mass is 35.5. The summed E-state index contributed by atoms with van der Waals surface area (Å²) in [5.74, 6) is -3.97. The Hall–Kier alpha value is -17.4. The van der Waals surface area contributed by atoms with Crippen LogP contribution in [0.3, 0.4) is 0 Å². The molecule has 0 bridgehead atoms. The molecule has 38 heteroatoms. The number of fused-ring (bicyclic) bond motifs is 4. The minimum atomic E-state index is -0.601. The van der Waals surface area contributed by atoms with Gasteiger partial charge in [0.15, 0.2) is 11.6 Å². The quantitative estimate of drug-likeness (QED) is 0.0136. The van der Waals surface area contributed by atoms with Crippen molar-refractivity contribution in [3.63, 3.8) is 0 Å². The van der Waals surface area contributed by atoms with Crippen LogP contribution in [0, 0.1) is 6.92 Å². The number of hydrogen-bond donors (Lipinski definition) is 18. The van der Waals surface area contributed by atoms with E-state index in [0.29, 0.717) is 73.4 Å². The number of thiophene rings is 1. The van der Waals surface area contributed by atoms with Gasteiger partial charge in [-0.3, -0.25) is 88.7 Å². The molecular weight excluding hydrogens is 1940 g/mol. The Morgan fingerprint density at radius 1 is 0.376 bits per heavy atom. The van der Waals surface area contributed by atoms with E-state index in [4.69, 9.17) is 42.8 Å². The van der Waals surface area contributed by atoms with Gasteiger partial charge in [0.2, 0.25) is 0 Å². The van der Waals surface area contributed by atoms with Crippen LogP contribution in [-0.2, 0) is 41.0 Å². The number of amides is 12. The number of aryl methyl sites for hydroxylation is 6. The van der Waals surface area contributed by atoms with Crippen molar-refractivity contribution in [1.82, 2.24) is 87.9 Å². The van der Waals surface area contributed by atoms with Gasteiger partial charge in [-0.05, 0) is 251 Å². The largest absolute Gasteiger partial charge is 0.347 e. The molecule has 18 N–H and O–H groups in total. The first kappa shape index (κ1) is 110. The third kappa shape index (κ3) is 28.8. The molecule has 5 heterocycles. The summed E-state index contributed by atoms with van der Waals surface area (Å²) in [5.41, 5.74) is 25.7. The van der Waals surface area contributed by atoms with Gasteiger partial charge in [-0.15, -0.1) is 11.3 Å². The summed E-state index contributed by atoms with van der Waals surface area (Å²) in [6.45, 7) is 11.1. The third-order valence-corrected chi connectivity index (χ3v) is 26.4. The van der Waals surface area contributed by atoms with E-state index in [9.17, 15) is 57.5 Å². The molecule has 0 saturated heterocycles. The van der Waals surface area contributed by atoms with E-state index in [0.717, 1.165) is 118 Å². The van der Waals surface area contributed by atoms with Crippen molar-refractivity contribution in [3.8, 4) is 0 Å². The Morgan fingerprint density at radius 3 is 1.30 bits per heavy atom. The second-order valence-electron chi connectivity index (χ2n) is 34.9. The van der Waals surface area contributed by atoms with E-state index in [1.165, 1.54) is 11.3 Å². The van der Waals surface area contributed by atoms with Crippen molar-refractivity contribution in [2.75, 3.05) is 5.32 Å². The molecule has 1 aliphatic rings. The zero-order chi connectivity index (χ0) is 107. The Bertz CT molecular complexity index is 7460. The first-order chi connectivity index (χ1) is 71.6. The third-order valence-electron chi connectivity index (χ3n) is 24.8. The van der Waals surface area contributed by atoms with E-state index in [1.807, 2.05) is 212 Å². The molecule has 0 radical (unpaired) electrons. The van der Waals surface area contributed by atoms with E-state index in [2.05, 4.69) is 42.0 Å². The lowest BCUT2D eigenvalue weighted by atomic mass is 9.86. The number of ketones is 1. The normalized spacial score (nSPS) is 12.3. The van der Waals surface area contributed by atoms with Gasteiger partial charge in [0.1, 0.15) is 17.1 Å². The van der Waals surface area contributed by atoms with Crippen LogP contribution < -0.4 is 64.8 Å². The van der Waals surface area contributed by atoms with Gasteiger partial charge in [-0.25, -0.2) is 42.7 Å². The van der Waals surface area contributed by atoms with Crippen LogP contribution in [-0.4, -0.2) is 131 Å². The maximum absolute atomic E-state index is 13.1. The Labute approximate surface area is 865 Å². The Kier molecular flexibility index (Phi) is 38.8. The molecule has 149 heavy (non-hydrogen) atoms. The molecule has 36 nitrogen and oxygen atoms in total. The van der Waals surface area contributed by atoms with Crippen LogP contribution in [0.15, 0.2) is 297 Å². The molecule has 5 aromatic heterocycles. The van der Waals surface area contributed by atoms with Gasteiger partial charge < -0.3 is 45.6 Å². The summed E-state index contributed by atoms with van der Waals surface area (Å²) < 4.78 is 8.12. The second kappa shape index (κ2) is 52.4. The molecule has 0 saturated carbocycles. The number of hydrogen-bond acceptors (Lipinski definition) is 21. The number of nitrogens with one attached hydrogen (secondary N) is 12. The van der Waals surface area contributed by atoms with Crippen molar-refractivity contribution in [2.45, 2.75) is 110 Å². The topological polar surface area (TPSA) is 516 Å². The number of nitrogens with zero attached hydrogens (tertiary/aromatic N) is 6. The van der Waals surface area contributed by atoms with E-state index >= 15 is 0 Å². The highest BCUT2D eigenvalue weighted by Gasteiger charge is 2.29. The molecule has 1 aliphatic carbocycles. The lowest BCUT2D eigenvalue weighted by Crippen LogP contribution is -2.31. The molecule has 6 atom stereocenters. The number of benzene rings is 11. The number of carbonyl (C=O) groups is 12. The number of anilines is 1. The molecule has 0 aliphatic heterocycles. The summed E-state index contributed by atoms with van der Waals surface area (Å²) in [4.78, 5) is 149. The second-order valence-corrected chi connectivity index (χ2v) is 36.4. The predicted molar refractivity (Wildman–Crippen MR) is 562 cm³/mol. The summed E-state index contributed by atoms with van der Waals surface area (Å²) >= 11 is 7.55. The molecule has 0 fully saturated rings. The highest BCUT2D eigenvalue weighted by molar-refractivity contribution is 7.20. The van der Waals surface area contributed by atoms with Gasteiger partial charge in [-0.1, -0.05) is 169 Å². The van der Waals surface area contributed by atoms with Crippen LogP contribution in [0.2, 0.25) is 5.02 Å². The zero-order valence-corrected chi connectivity index (χ0v) is 84.4. The number of carbonyl (C=O) groups excluding carboxylic acids is 12. The van der Waals surface area contributed by atoms with E-state index in [1.54, 1.807) is 206 Å². The van der Waals surface area contributed by atoms with Crippen LogP contribution >= 0.6 is 22.9 Å². The van der Waals surface area contributed by atoms with Crippen LogP contribution in [0.25, 0.3) is 32.0 Å². The number of imidazole rings is 1. The fourth-order valence-electron chi connectivity index (χ4n) is 16.5. The van der Waals surface area contributed by atoms with Crippen LogP contribution in [0.4, 0.5) is 10.5 Å². The average Bonchev–Trinajstić information content (AvgIpc) is 1.65. The number of hydroxylamine groups is 6. The van der Waals surface area contributed by atoms with Gasteiger partial charge in [0.05, 0.1) is 51.8 Å². The van der Waals surface area contributed by atoms with Crippen LogP contribution in [0.1, 0.15) is 260 Å². The number of Topliss-reactive ketones (excluding diaryl/α,β-unsaturated/α-hetero) is 1. The van der Waals surface area contributed by atoms with Crippen molar-refractivity contribution in [2.24, 2.45) is 28.2 Å². The monoisotopic (exact) mass is 2050 g/mol. The minimum Gasteiger partial charge on any atom is -0.347 e. The van der Waals surface area contributed by atoms with Crippen molar-refractivity contribution in [1.29, 1.82) is 0 Å². The van der Waals surface area contributed by atoms with Crippen molar-refractivity contribution >= 4 is 132 Å². The SMILES string of the molecule is CC(NC(=O)c1c2c(nn1C)CCCC2)c1cccc(C(=O)NO)c1.CC(NC(=O)c1cc2ccccc2n1C)c1ccc(C(=O)NO)cc1.CC(NC(=O)c1nc2ccccc2n1C)c1cccc(C(=O)NO)c1.C[C@@H](NC(=O)c1cccn1C)c1ccc(C(=O)NO)cc1.Cc1ccc(NC(=O)NC(C)c2ccc(C(=O)NO)cc2)cc1Cl.O=C(NO)c1ccc([C@H](CC(=O)c2cc3ccccc3s2)c2ccccc2)cc1. The molecule has 0 spiro atoms. The standard InChI is InChI=1S/C24H19NO3S.C19H19N3O3.C18H18N4O3.C18H22N4O3.C17H18ClN3O3.C15H17N3O3/c26-21(23-14-19-8-4-5-9-22(19)29-23)15-20(16-6-2-1-3-7-16)17-10-12-18(13-11-17)24(27)25-28;1-12(13-7-9-14(10-8-13)18(23)21-25)20-19(24)17-11-15-5-3-4-6-16(15)22(17)2;1-11(12-6-5-7-13(10-12)17(23)21-25)19-18(24)16-20-14-8-3-4-9-15(14)22(16)2;1-11(12-6-5-7-13(10-12)17(23)21-25)19-18(24)16-14-8-3-4-9-15(14)20-22(16)2;1-10-3-8-14(9-15(10)18)20-17(23)19-11(2)12-4-6-13(7-5-12)16(22)21-24;1-10(16-15(20)13-4-3-9-18(13)2)11-5-7-12(8-6-11)14(19)17-21/h1-14,20,28H,15H2,(H,25,27);3-12,25H,1-2H3,(H,20,24)(H,21,23);3-11,25H,1-2H3,(H,19,24)(H,21,23);5-7,10-11,25H,3-4,8-9H2,1-2H3,(H,19,24)(H,21,23);3-9,11,24H,1-2H3,(H,21,22)(H2,19,20,23);3-10,21H,1-2H3,(H,16,20)(H,17,19)/t20-;;;;;10-/m1....1/s1. The van der Waals surface area contributed by atoms with Gasteiger partial charge in [-0.2, -0.15) is 5.10 Å². The lowest BCUT2D eigenvalue weighted by Gasteiger charge is -2.17. The van der Waals surface area contributed by atoms with Crippen molar-refractivity contribution < 1.29 is 88.8 Å². The number of aromatic nitrogens is 6. The molecule has 4 unspecified atom stereocenters. The molecule has 16 aromatic rings. The molecule has 11 aromatic carbocycles. The highest BCUT2D eigenvalue weighted by Crippen LogP contribution is 2.35. The number of rotatable bonds is 26. The minimum absolute atomic E-state index is 0.0947. The first-order valence-corrected chi connectivity index (χ1v) is 48.3. The zero-order valence-electron chi connectivity index (χ0n) is 82.8. The summed E-state index contributed by atoms with van der Waals surface area (Å²) in [7, 11) is 7.26. The maximum atomic E-state index is 13.1. The lowest BCUT2D eigenvalue weighted by molar-refractivity contribution is 0.0702. The van der Waals surface area contributed by atoms with E-state index in [-0.39, 0.29) is 71.6 Å². The Morgan fingerprint density at radius 2 is 0.805 bits per heavy atom. The fourth-order valence-corrected chi connectivity index (χ4v) is 17.7. The van der Waals surface area contributed by atoms with Gasteiger partial charge >= 0.3 is 6.03 Å². The molecule has 12 amide bonds. The smallest absolute Gasteiger partial charge is 0.319 e. The van der Waals surface area contributed by atoms with Crippen molar-refractivity contribution in [3.05, 3.63) is 419 Å². The van der Waals surface area contributed by atoms with E-state index < -0.39 is 35.4 Å². The summed E-state index contributed by atoms with van der Waals surface area (Å²) in [6, 6.07) is 84.6. The van der Waals surface area contributed by atoms with Crippen LogP contribution in [0.5, 0.6) is 0 Å². The predicted octanol–water partition coefficient (Wildman–Crippen LogP) is 17.6.